The lowest BCUT2D eigenvalue weighted by atomic mass is 9.81. The molecule has 1 aliphatic rings. The number of aliphatic imine (C=N–C) groups is 1. The molecule has 1 aliphatic heterocycles. The number of carbonyl (C=O) groups is 1. The van der Waals surface area contributed by atoms with Gasteiger partial charge in [0.2, 0.25) is 5.90 Å². The zero-order chi connectivity index (χ0) is 27.0. The molecule has 196 valence electrons. The lowest BCUT2D eigenvalue weighted by Crippen LogP contribution is -2.49. The highest BCUT2D eigenvalue weighted by molar-refractivity contribution is 9.10. The van der Waals surface area contributed by atoms with Crippen LogP contribution in [0, 0.1) is 0 Å². The maximum atomic E-state index is 13.7. The van der Waals surface area contributed by atoms with E-state index in [1.54, 1.807) is 48.5 Å². The maximum absolute atomic E-state index is 13.7. The summed E-state index contributed by atoms with van der Waals surface area (Å²) in [5, 5.41) is 12.8. The zero-order valence-electron chi connectivity index (χ0n) is 20.6. The molecule has 0 saturated heterocycles. The van der Waals surface area contributed by atoms with E-state index in [4.69, 9.17) is 24.4 Å². The molecule has 3 aromatic carbocycles. The quantitative estimate of drug-likeness (QED) is 0.104. The van der Waals surface area contributed by atoms with Crippen LogP contribution in [0.25, 0.3) is 10.4 Å². The molecule has 1 amide bonds. The molecule has 0 aliphatic carbocycles. The molecule has 2 atom stereocenters. The van der Waals surface area contributed by atoms with Crippen molar-refractivity contribution in [3.05, 3.63) is 104 Å². The minimum Gasteiger partial charge on any atom is -0.494 e. The van der Waals surface area contributed by atoms with E-state index in [0.29, 0.717) is 35.6 Å². The number of azide groups is 1. The molecule has 0 radical (unpaired) electrons. The predicted molar refractivity (Wildman–Crippen MR) is 145 cm³/mol. The number of hydrogen-bond acceptors (Lipinski definition) is 7. The standard InChI is InChI=1S/C27H26BrN5O5/c1-36-32-26(35)27(17-19-7-2-4-9-22(19)28)24(21-8-3-5-10-23(21)31-33-29)38-25(30-27)18-11-13-20(14-12-18)37-16-6-15-34/h2-5,7-14,24,34H,6,15-17H2,1H3,(H,32,35)/t24-,27-/m0/s1. The highest BCUT2D eigenvalue weighted by atomic mass is 79.9. The predicted octanol–water partition coefficient (Wildman–Crippen LogP) is 5.33. The number of aliphatic hydroxyl groups excluding tert-OH is 1. The molecule has 0 fully saturated rings. The summed E-state index contributed by atoms with van der Waals surface area (Å²) in [5.41, 5.74) is 12.4. The lowest BCUT2D eigenvalue weighted by Gasteiger charge is -2.31. The van der Waals surface area contributed by atoms with Crippen molar-refractivity contribution in [2.45, 2.75) is 24.5 Å². The number of hydroxylamine groups is 1. The van der Waals surface area contributed by atoms with Crippen molar-refractivity contribution in [3.63, 3.8) is 0 Å². The van der Waals surface area contributed by atoms with Crippen LogP contribution in [0.1, 0.15) is 29.2 Å². The van der Waals surface area contributed by atoms with Crippen LogP contribution in [0.4, 0.5) is 5.69 Å². The second-order valence-electron chi connectivity index (χ2n) is 8.44. The number of hydrogen-bond donors (Lipinski definition) is 2. The SMILES string of the molecule is CONC(=O)[C@@]1(Cc2ccccc2Br)N=C(c2ccc(OCCCO)cc2)O[C@H]1c1ccccc1N=[N+]=[N-]. The van der Waals surface area contributed by atoms with Gasteiger partial charge in [-0.25, -0.2) is 10.5 Å². The zero-order valence-corrected chi connectivity index (χ0v) is 22.2. The topological polar surface area (TPSA) is 138 Å². The lowest BCUT2D eigenvalue weighted by molar-refractivity contribution is -0.139. The molecule has 0 saturated carbocycles. The Labute approximate surface area is 228 Å². The average molecular weight is 580 g/mol. The van der Waals surface area contributed by atoms with Gasteiger partial charge in [0.05, 0.1) is 13.7 Å². The number of amides is 1. The number of halogens is 1. The van der Waals surface area contributed by atoms with Crippen molar-refractivity contribution in [1.82, 2.24) is 5.48 Å². The van der Waals surface area contributed by atoms with Gasteiger partial charge in [0.1, 0.15) is 5.75 Å². The Kier molecular flexibility index (Phi) is 8.98. The summed E-state index contributed by atoms with van der Waals surface area (Å²) in [6.07, 6.45) is -0.261. The fourth-order valence-electron chi connectivity index (χ4n) is 4.22. The Morgan fingerprint density at radius 3 is 2.63 bits per heavy atom. The first-order valence-corrected chi connectivity index (χ1v) is 12.6. The van der Waals surface area contributed by atoms with Crippen LogP contribution in [-0.4, -0.2) is 42.8 Å². The van der Waals surface area contributed by atoms with Crippen LogP contribution in [0.3, 0.4) is 0 Å². The van der Waals surface area contributed by atoms with Crippen molar-refractivity contribution in [3.8, 4) is 5.75 Å². The molecule has 3 aromatic rings. The normalized spacial score (nSPS) is 18.2. The second kappa shape index (κ2) is 12.6. The second-order valence-corrected chi connectivity index (χ2v) is 9.30. The van der Waals surface area contributed by atoms with Crippen molar-refractivity contribution in [2.75, 3.05) is 20.3 Å². The monoisotopic (exact) mass is 579 g/mol. The molecule has 2 N–H and O–H groups in total. The molecule has 0 aromatic heterocycles. The van der Waals surface area contributed by atoms with Gasteiger partial charge in [-0.2, -0.15) is 0 Å². The molecule has 4 rings (SSSR count). The summed E-state index contributed by atoms with van der Waals surface area (Å²) in [7, 11) is 1.35. The van der Waals surface area contributed by atoms with E-state index < -0.39 is 17.6 Å². The highest BCUT2D eigenvalue weighted by Gasteiger charge is 2.54. The molecule has 0 spiro atoms. The van der Waals surface area contributed by atoms with Gasteiger partial charge in [0.25, 0.3) is 5.91 Å². The van der Waals surface area contributed by atoms with Crippen LogP contribution in [0.2, 0.25) is 0 Å². The van der Waals surface area contributed by atoms with Crippen molar-refractivity contribution in [2.24, 2.45) is 10.1 Å². The Balaban J connectivity index is 1.83. The summed E-state index contributed by atoms with van der Waals surface area (Å²) in [4.78, 5) is 26.6. The summed E-state index contributed by atoms with van der Waals surface area (Å²) in [5.74, 6) is 0.351. The summed E-state index contributed by atoms with van der Waals surface area (Å²) >= 11 is 3.58. The molecular formula is C27H26BrN5O5. The van der Waals surface area contributed by atoms with E-state index in [1.165, 1.54) is 7.11 Å². The van der Waals surface area contributed by atoms with Gasteiger partial charge in [0, 0.05) is 45.6 Å². The van der Waals surface area contributed by atoms with Gasteiger partial charge in [-0.15, -0.1) is 0 Å². The van der Waals surface area contributed by atoms with Crippen molar-refractivity contribution < 1.29 is 24.2 Å². The van der Waals surface area contributed by atoms with E-state index in [9.17, 15) is 10.3 Å². The van der Waals surface area contributed by atoms with Gasteiger partial charge in [-0.1, -0.05) is 63.5 Å². The van der Waals surface area contributed by atoms with E-state index in [0.717, 1.165) is 10.0 Å². The number of aliphatic hydroxyl groups is 1. The number of rotatable bonds is 11. The Hall–Kier alpha value is -3.89. The van der Waals surface area contributed by atoms with Gasteiger partial charge in [0.15, 0.2) is 11.6 Å². The fourth-order valence-corrected chi connectivity index (χ4v) is 4.65. The molecule has 11 heteroatoms. The Bertz CT molecular complexity index is 1360. The van der Waals surface area contributed by atoms with Crippen LogP contribution < -0.4 is 10.2 Å². The third kappa shape index (κ3) is 5.81. The van der Waals surface area contributed by atoms with Gasteiger partial charge >= 0.3 is 0 Å². The van der Waals surface area contributed by atoms with Gasteiger partial charge < -0.3 is 14.6 Å². The fraction of sp³-hybridized carbons (Fsp3) is 0.259. The summed E-state index contributed by atoms with van der Waals surface area (Å²) in [6.45, 7) is 0.433. The maximum Gasteiger partial charge on any atom is 0.276 e. The smallest absolute Gasteiger partial charge is 0.276 e. The third-order valence-corrected chi connectivity index (χ3v) is 6.79. The number of nitrogens with zero attached hydrogens (tertiary/aromatic N) is 4. The average Bonchev–Trinajstić information content (AvgIpc) is 3.31. The van der Waals surface area contributed by atoms with Crippen LogP contribution >= 0.6 is 15.9 Å². The van der Waals surface area contributed by atoms with Crippen molar-refractivity contribution >= 4 is 33.4 Å². The number of carbonyl (C=O) groups excluding carboxylic acids is 1. The minimum absolute atomic E-state index is 0.0462. The minimum atomic E-state index is -1.51. The van der Waals surface area contributed by atoms with E-state index in [2.05, 4.69) is 31.4 Å². The van der Waals surface area contributed by atoms with Crippen LogP contribution in [-0.2, 0) is 20.8 Å². The molecule has 1 heterocycles. The Morgan fingerprint density at radius 1 is 1.18 bits per heavy atom. The Morgan fingerprint density at radius 2 is 1.92 bits per heavy atom. The molecule has 38 heavy (non-hydrogen) atoms. The van der Waals surface area contributed by atoms with Gasteiger partial charge in [-0.3, -0.25) is 9.63 Å². The number of ether oxygens (including phenoxy) is 2. The molecule has 0 unspecified atom stereocenters. The molecular weight excluding hydrogens is 554 g/mol. The highest BCUT2D eigenvalue weighted by Crippen LogP contribution is 2.46. The first-order chi connectivity index (χ1) is 18.5. The van der Waals surface area contributed by atoms with Crippen molar-refractivity contribution in [1.29, 1.82) is 0 Å². The molecule has 10 nitrogen and oxygen atoms in total. The van der Waals surface area contributed by atoms with E-state index >= 15 is 0 Å². The van der Waals surface area contributed by atoms with E-state index in [1.807, 2.05) is 24.3 Å². The van der Waals surface area contributed by atoms with Crippen LogP contribution in [0.5, 0.6) is 5.75 Å². The first kappa shape index (κ1) is 27.2. The number of nitrogens with one attached hydrogen (secondary N) is 1. The third-order valence-electron chi connectivity index (χ3n) is 6.01. The summed E-state index contributed by atoms with van der Waals surface area (Å²) < 4.78 is 12.8. The van der Waals surface area contributed by atoms with Crippen LogP contribution in [0.15, 0.2) is 87.4 Å². The summed E-state index contributed by atoms with van der Waals surface area (Å²) in [6, 6.07) is 21.6. The first-order valence-electron chi connectivity index (χ1n) is 11.8. The van der Waals surface area contributed by atoms with Gasteiger partial charge in [-0.05, 0) is 41.4 Å². The number of benzene rings is 3. The van der Waals surface area contributed by atoms with E-state index in [-0.39, 0.29) is 18.9 Å². The largest absolute Gasteiger partial charge is 0.494 e. The molecule has 0 bridgehead atoms.